The van der Waals surface area contributed by atoms with E-state index in [1.165, 1.54) is 25.4 Å². The molecule has 1 saturated heterocycles. The molecule has 0 spiro atoms. The van der Waals surface area contributed by atoms with Gasteiger partial charge in [-0.05, 0) is 42.5 Å². The van der Waals surface area contributed by atoms with Gasteiger partial charge in [0.15, 0.2) is 0 Å². The Morgan fingerprint density at radius 1 is 1.21 bits per heavy atom. The predicted molar refractivity (Wildman–Crippen MR) is 133 cm³/mol. The van der Waals surface area contributed by atoms with Crippen molar-refractivity contribution in [2.75, 3.05) is 20.1 Å². The number of piperidine rings is 1. The number of hydrogen-bond acceptors (Lipinski definition) is 5. The van der Waals surface area contributed by atoms with Crippen molar-refractivity contribution in [3.63, 3.8) is 0 Å². The molecule has 2 aliphatic rings. The highest BCUT2D eigenvalue weighted by Crippen LogP contribution is 2.35. The number of carbonyl (C=O) groups excluding carboxylic acids is 1. The summed E-state index contributed by atoms with van der Waals surface area (Å²) in [7, 11) is 1.54. The Balaban J connectivity index is 1.83. The second kappa shape index (κ2) is 11.9. The van der Waals surface area contributed by atoms with Crippen LogP contribution in [0.1, 0.15) is 31.7 Å². The number of hydrogen-bond donors (Lipinski definition) is 3. The summed E-state index contributed by atoms with van der Waals surface area (Å²) in [6.45, 7) is 0.560. The summed E-state index contributed by atoms with van der Waals surface area (Å²) in [4.78, 5) is 18.2. The number of alkyl halides is 5. The molecule has 6 nitrogen and oxygen atoms in total. The van der Waals surface area contributed by atoms with Gasteiger partial charge in [0, 0.05) is 38.0 Å². The van der Waals surface area contributed by atoms with Crippen LogP contribution in [0, 0.1) is 17.1 Å². The van der Waals surface area contributed by atoms with Gasteiger partial charge < -0.3 is 15.5 Å². The molecule has 38 heavy (non-hydrogen) atoms. The van der Waals surface area contributed by atoms with Crippen LogP contribution in [-0.4, -0.2) is 61.0 Å². The van der Waals surface area contributed by atoms with Gasteiger partial charge in [-0.2, -0.15) is 13.2 Å². The standard InChI is InChI=1S/C26H29F6N5O/c1-16-11-25(28,29)15-37(24(38)23(33)20(13-34-2)17-7-9-19(27)10-8-17)21(16)14-36-22-6-4-3-5-18(12-35-22)26(30,31)32/h5-10,12-13,16,21,33-34,36H,3-4,11,14-15H2,1-2H3/b18-5-,20-13-,22-6+,33-23?,35-12-. The van der Waals surface area contributed by atoms with Crippen LogP contribution in [0.15, 0.2) is 59.0 Å². The third kappa shape index (κ3) is 7.26. The van der Waals surface area contributed by atoms with E-state index in [1.807, 2.05) is 0 Å². The molecule has 2 aliphatic heterocycles. The second-order valence-electron chi connectivity index (χ2n) is 9.23. The summed E-state index contributed by atoms with van der Waals surface area (Å²) in [5.74, 6) is -5.23. The Kier molecular flexibility index (Phi) is 9.05. The number of allylic oxidation sites excluding steroid dienone is 3. The molecule has 2 unspecified atom stereocenters. The van der Waals surface area contributed by atoms with E-state index in [2.05, 4.69) is 15.6 Å². The molecule has 0 aromatic heterocycles. The summed E-state index contributed by atoms with van der Waals surface area (Å²) in [5, 5.41) is 14.1. The number of rotatable bonds is 7. The third-order valence-electron chi connectivity index (χ3n) is 6.30. The molecule has 2 heterocycles. The van der Waals surface area contributed by atoms with Gasteiger partial charge in [-0.25, -0.2) is 18.2 Å². The molecule has 0 aliphatic carbocycles. The molecule has 1 amide bonds. The zero-order chi connectivity index (χ0) is 28.1. The molecule has 2 atom stereocenters. The number of aliphatic imine (C=N–C) groups is 1. The summed E-state index contributed by atoms with van der Waals surface area (Å²) >= 11 is 0. The lowest BCUT2D eigenvalue weighted by atomic mass is 9.87. The molecule has 3 N–H and O–H groups in total. The van der Waals surface area contributed by atoms with E-state index in [0.29, 0.717) is 11.8 Å². The van der Waals surface area contributed by atoms with Crippen LogP contribution < -0.4 is 10.6 Å². The van der Waals surface area contributed by atoms with Gasteiger partial charge in [-0.15, -0.1) is 0 Å². The normalized spacial score (nSPS) is 25.7. The summed E-state index contributed by atoms with van der Waals surface area (Å²) in [6.07, 6.45) is 0.0618. The highest BCUT2D eigenvalue weighted by molar-refractivity contribution is 6.54. The number of nitrogens with one attached hydrogen (secondary N) is 3. The Hall–Kier alpha value is -3.57. The van der Waals surface area contributed by atoms with Crippen molar-refractivity contribution in [2.45, 2.75) is 44.3 Å². The highest BCUT2D eigenvalue weighted by atomic mass is 19.4. The van der Waals surface area contributed by atoms with E-state index < -0.39 is 60.0 Å². The minimum absolute atomic E-state index is 0.0634. The fourth-order valence-electron chi connectivity index (χ4n) is 4.43. The molecule has 3 rings (SSSR count). The fraction of sp³-hybridized carbons (Fsp3) is 0.423. The van der Waals surface area contributed by atoms with E-state index in [9.17, 15) is 31.1 Å². The summed E-state index contributed by atoms with van der Waals surface area (Å²) in [6, 6.07) is 4.25. The summed E-state index contributed by atoms with van der Waals surface area (Å²) in [5.41, 5.74) is -1.02. The van der Waals surface area contributed by atoms with Crippen LogP contribution in [0.4, 0.5) is 26.3 Å². The number of halogens is 6. The fourth-order valence-corrected chi connectivity index (χ4v) is 4.43. The van der Waals surface area contributed by atoms with Crippen molar-refractivity contribution in [2.24, 2.45) is 10.9 Å². The lowest BCUT2D eigenvalue weighted by Crippen LogP contribution is -2.59. The van der Waals surface area contributed by atoms with E-state index in [-0.39, 0.29) is 30.8 Å². The maximum atomic E-state index is 14.6. The van der Waals surface area contributed by atoms with Crippen LogP contribution in [0.2, 0.25) is 0 Å². The zero-order valence-electron chi connectivity index (χ0n) is 20.9. The van der Waals surface area contributed by atoms with Gasteiger partial charge in [0.05, 0.1) is 18.2 Å². The van der Waals surface area contributed by atoms with Gasteiger partial charge in [-0.1, -0.05) is 25.1 Å². The van der Waals surface area contributed by atoms with E-state index in [1.54, 1.807) is 13.0 Å². The van der Waals surface area contributed by atoms with Crippen molar-refractivity contribution < 1.29 is 31.1 Å². The number of nitrogens with zero attached hydrogens (tertiary/aromatic N) is 2. The number of likely N-dealkylation sites (tertiary alicyclic amines) is 1. The van der Waals surface area contributed by atoms with E-state index in [4.69, 9.17) is 5.41 Å². The van der Waals surface area contributed by atoms with Crippen molar-refractivity contribution >= 4 is 23.4 Å². The molecule has 1 fully saturated rings. The predicted octanol–water partition coefficient (Wildman–Crippen LogP) is 5.06. The van der Waals surface area contributed by atoms with E-state index >= 15 is 0 Å². The zero-order valence-corrected chi connectivity index (χ0v) is 20.9. The van der Waals surface area contributed by atoms with Gasteiger partial charge in [0.2, 0.25) is 0 Å². The maximum Gasteiger partial charge on any atom is 0.417 e. The second-order valence-corrected chi connectivity index (χ2v) is 9.23. The first-order chi connectivity index (χ1) is 17.8. The minimum atomic E-state index is -4.55. The van der Waals surface area contributed by atoms with Crippen LogP contribution >= 0.6 is 0 Å². The van der Waals surface area contributed by atoms with Gasteiger partial charge in [0.1, 0.15) is 17.3 Å². The van der Waals surface area contributed by atoms with Crippen LogP contribution in [0.25, 0.3) is 5.57 Å². The molecular formula is C26H29F6N5O. The summed E-state index contributed by atoms with van der Waals surface area (Å²) < 4.78 is 81.8. The molecular weight excluding hydrogens is 512 g/mol. The first kappa shape index (κ1) is 29.0. The lowest BCUT2D eigenvalue weighted by Gasteiger charge is -2.43. The van der Waals surface area contributed by atoms with Crippen molar-refractivity contribution in [3.05, 3.63) is 65.4 Å². The Bertz CT molecular complexity index is 1150. The quantitative estimate of drug-likeness (QED) is 0.334. The van der Waals surface area contributed by atoms with Gasteiger partial charge in [0.25, 0.3) is 11.8 Å². The molecule has 0 radical (unpaired) electrons. The van der Waals surface area contributed by atoms with Crippen molar-refractivity contribution in [3.8, 4) is 0 Å². The maximum absolute atomic E-state index is 14.6. The van der Waals surface area contributed by atoms with Gasteiger partial charge >= 0.3 is 6.18 Å². The largest absolute Gasteiger partial charge is 0.417 e. The van der Waals surface area contributed by atoms with Crippen molar-refractivity contribution in [1.82, 2.24) is 15.5 Å². The molecule has 1 aromatic rings. The van der Waals surface area contributed by atoms with Gasteiger partial charge in [-0.3, -0.25) is 10.2 Å². The number of carbonyl (C=O) groups is 1. The Labute approximate surface area is 216 Å². The molecule has 0 bridgehead atoms. The van der Waals surface area contributed by atoms with Crippen LogP contribution in [0.3, 0.4) is 0 Å². The first-order valence-corrected chi connectivity index (χ1v) is 12.0. The molecule has 206 valence electrons. The molecule has 12 heteroatoms. The lowest BCUT2D eigenvalue weighted by molar-refractivity contribution is -0.145. The van der Waals surface area contributed by atoms with E-state index in [0.717, 1.165) is 23.1 Å². The minimum Gasteiger partial charge on any atom is -0.393 e. The Morgan fingerprint density at radius 3 is 2.50 bits per heavy atom. The topological polar surface area (TPSA) is 80.6 Å². The monoisotopic (exact) mass is 541 g/mol. The van der Waals surface area contributed by atoms with Crippen molar-refractivity contribution in [1.29, 1.82) is 5.41 Å². The molecule has 0 saturated carbocycles. The SMILES string of the molecule is CN/C=C(\C(=N)C(=O)N1CC(F)(F)CC(C)C1CNC1=C/CC/C=C(C(F)(F)F)/C=N\1)c1ccc(F)cc1. The third-order valence-corrected chi connectivity index (χ3v) is 6.30. The van der Waals surface area contributed by atoms with Crippen LogP contribution in [-0.2, 0) is 4.79 Å². The first-order valence-electron chi connectivity index (χ1n) is 12.0. The molecule has 1 aromatic carbocycles. The highest BCUT2D eigenvalue weighted by Gasteiger charge is 2.46. The Morgan fingerprint density at radius 2 is 1.87 bits per heavy atom. The number of benzene rings is 1. The average Bonchev–Trinajstić information content (AvgIpc) is 2.81. The van der Waals surface area contributed by atoms with Crippen LogP contribution in [0.5, 0.6) is 0 Å². The average molecular weight is 542 g/mol. The number of amides is 1. The smallest absolute Gasteiger partial charge is 0.393 e.